The molecule has 0 fully saturated rings. The molecule has 21 heavy (non-hydrogen) atoms. The SMILES string of the molecule is CS(=O)(=O)OS(=O)(=O)CCCCCS(=O)(=O)OS(C)(=O)=O. The molecular weight excluding hydrogens is 372 g/mol. The van der Waals surface area contributed by atoms with Crippen molar-refractivity contribution in [2.75, 3.05) is 24.0 Å². The molecule has 0 aliphatic rings. The number of hydrogen-bond acceptors (Lipinski definition) is 10. The van der Waals surface area contributed by atoms with Crippen LogP contribution in [0.25, 0.3) is 0 Å². The number of hydrogen-bond donors (Lipinski definition) is 0. The first-order chi connectivity index (χ1) is 9.12. The summed E-state index contributed by atoms with van der Waals surface area (Å²) in [5, 5.41) is 0. The molecule has 0 unspecified atom stereocenters. The minimum absolute atomic E-state index is 0.0494. The average molecular weight is 388 g/mol. The maximum absolute atomic E-state index is 11.2. The van der Waals surface area contributed by atoms with Gasteiger partial charge < -0.3 is 0 Å². The first-order valence-corrected chi connectivity index (χ1v) is 12.2. The smallest absolute Gasteiger partial charge is 0.199 e. The number of rotatable bonds is 10. The van der Waals surface area contributed by atoms with Gasteiger partial charge in [0.15, 0.2) is 0 Å². The van der Waals surface area contributed by atoms with Crippen LogP contribution in [0.1, 0.15) is 19.3 Å². The van der Waals surface area contributed by atoms with Crippen LogP contribution >= 0.6 is 0 Å². The van der Waals surface area contributed by atoms with E-state index in [1.165, 1.54) is 0 Å². The van der Waals surface area contributed by atoms with E-state index in [2.05, 4.69) is 7.26 Å². The van der Waals surface area contributed by atoms with Gasteiger partial charge in [-0.3, -0.25) is 0 Å². The van der Waals surface area contributed by atoms with E-state index in [4.69, 9.17) is 0 Å². The fourth-order valence-electron chi connectivity index (χ4n) is 1.18. The lowest BCUT2D eigenvalue weighted by Crippen LogP contribution is -2.17. The van der Waals surface area contributed by atoms with Gasteiger partial charge in [0.25, 0.3) is 40.5 Å². The Morgan fingerprint density at radius 1 is 0.571 bits per heavy atom. The zero-order valence-corrected chi connectivity index (χ0v) is 14.5. The molecule has 128 valence electrons. The van der Waals surface area contributed by atoms with Crippen LogP contribution in [0.15, 0.2) is 0 Å². The van der Waals surface area contributed by atoms with Gasteiger partial charge in [0, 0.05) is 0 Å². The van der Waals surface area contributed by atoms with E-state index < -0.39 is 52.0 Å². The first kappa shape index (κ1) is 20.7. The summed E-state index contributed by atoms with van der Waals surface area (Å²) in [5.41, 5.74) is 0. The van der Waals surface area contributed by atoms with E-state index in [9.17, 15) is 33.7 Å². The highest BCUT2D eigenvalue weighted by atomic mass is 32.3. The van der Waals surface area contributed by atoms with Gasteiger partial charge in [-0.25, -0.2) is 0 Å². The van der Waals surface area contributed by atoms with E-state index in [-0.39, 0.29) is 19.3 Å². The zero-order valence-electron chi connectivity index (χ0n) is 11.3. The highest BCUT2D eigenvalue weighted by Crippen LogP contribution is 2.08. The maximum atomic E-state index is 11.2. The Morgan fingerprint density at radius 2 is 0.857 bits per heavy atom. The summed E-state index contributed by atoms with van der Waals surface area (Å²) in [6, 6.07) is 0. The van der Waals surface area contributed by atoms with E-state index in [1.54, 1.807) is 0 Å². The molecule has 0 saturated carbocycles. The summed E-state index contributed by atoms with van der Waals surface area (Å²) in [5.74, 6) is -1.21. The van der Waals surface area contributed by atoms with Gasteiger partial charge in [0.1, 0.15) is 0 Å². The Kier molecular flexibility index (Phi) is 7.23. The summed E-state index contributed by atoms with van der Waals surface area (Å²) in [4.78, 5) is 0. The van der Waals surface area contributed by atoms with E-state index >= 15 is 0 Å². The Bertz CT molecular complexity index is 674. The van der Waals surface area contributed by atoms with E-state index in [0.717, 1.165) is 0 Å². The molecule has 0 aromatic rings. The molecule has 0 aromatic carbocycles. The highest BCUT2D eigenvalue weighted by molar-refractivity contribution is 7.99. The second-order valence-electron chi connectivity index (χ2n) is 4.13. The third-order valence-corrected chi connectivity index (χ3v) is 6.96. The van der Waals surface area contributed by atoms with E-state index in [1.807, 2.05) is 0 Å². The van der Waals surface area contributed by atoms with Crippen molar-refractivity contribution in [3.63, 3.8) is 0 Å². The Hall–Kier alpha value is -0.280. The molecule has 0 spiro atoms. The minimum atomic E-state index is -4.25. The second-order valence-corrected chi connectivity index (χ2v) is 11.1. The molecule has 0 aromatic heterocycles. The van der Waals surface area contributed by atoms with Crippen molar-refractivity contribution in [2.24, 2.45) is 0 Å². The Labute approximate surface area is 124 Å². The van der Waals surface area contributed by atoms with Crippen molar-refractivity contribution in [3.05, 3.63) is 0 Å². The summed E-state index contributed by atoms with van der Waals surface area (Å²) < 4.78 is 95.0. The van der Waals surface area contributed by atoms with Crippen LogP contribution < -0.4 is 0 Å². The first-order valence-electron chi connectivity index (χ1n) is 5.39. The molecule has 0 saturated heterocycles. The van der Waals surface area contributed by atoms with Crippen molar-refractivity contribution in [1.82, 2.24) is 0 Å². The Balaban J connectivity index is 4.19. The van der Waals surface area contributed by atoms with Crippen molar-refractivity contribution in [1.29, 1.82) is 0 Å². The van der Waals surface area contributed by atoms with Crippen LogP contribution in [0.2, 0.25) is 0 Å². The summed E-state index contributed by atoms with van der Waals surface area (Å²) in [6.07, 6.45) is 1.16. The van der Waals surface area contributed by atoms with Crippen LogP contribution in [-0.2, 0) is 47.7 Å². The van der Waals surface area contributed by atoms with Crippen molar-refractivity contribution in [2.45, 2.75) is 19.3 Å². The topological polar surface area (TPSA) is 155 Å². The van der Waals surface area contributed by atoms with Crippen molar-refractivity contribution >= 4 is 40.5 Å². The molecule has 0 rings (SSSR count). The molecular formula is C7H16O10S4. The van der Waals surface area contributed by atoms with Crippen molar-refractivity contribution in [3.8, 4) is 0 Å². The third-order valence-electron chi connectivity index (χ3n) is 1.74. The molecule has 0 amide bonds. The largest absolute Gasteiger partial charge is 0.281 e. The van der Waals surface area contributed by atoms with Gasteiger partial charge in [-0.1, -0.05) is 6.42 Å². The van der Waals surface area contributed by atoms with Gasteiger partial charge in [-0.05, 0) is 12.8 Å². The maximum Gasteiger partial charge on any atom is 0.281 e. The van der Waals surface area contributed by atoms with Crippen LogP contribution in [0.4, 0.5) is 0 Å². The van der Waals surface area contributed by atoms with Crippen LogP contribution in [-0.4, -0.2) is 57.7 Å². The zero-order chi connectivity index (χ0) is 16.9. The standard InChI is InChI=1S/C7H16O10S4/c1-18(8,9)16-20(12,13)6-4-3-5-7-21(14,15)17-19(2,10)11/h3-7H2,1-2H3. The van der Waals surface area contributed by atoms with Gasteiger partial charge in [-0.2, -0.15) is 33.7 Å². The lowest BCUT2D eigenvalue weighted by molar-refractivity contribution is 0.464. The number of unbranched alkanes of at least 4 members (excludes halogenated alkanes) is 2. The van der Waals surface area contributed by atoms with Crippen LogP contribution in [0.5, 0.6) is 0 Å². The molecule has 0 bridgehead atoms. The fourth-order valence-corrected chi connectivity index (χ4v) is 5.85. The predicted octanol–water partition coefficient (Wildman–Crippen LogP) is -1.23. The molecule has 0 atom stereocenters. The Morgan fingerprint density at radius 3 is 1.10 bits per heavy atom. The monoisotopic (exact) mass is 388 g/mol. The van der Waals surface area contributed by atoms with Gasteiger partial charge in [0.2, 0.25) is 0 Å². The summed E-state index contributed by atoms with van der Waals surface area (Å²) in [7, 11) is -16.8. The quantitative estimate of drug-likeness (QED) is 0.415. The second kappa shape index (κ2) is 7.32. The molecule has 14 heteroatoms. The molecule has 0 radical (unpaired) electrons. The predicted molar refractivity (Wildman–Crippen MR) is 73.3 cm³/mol. The molecule has 0 N–H and O–H groups in total. The van der Waals surface area contributed by atoms with Gasteiger partial charge in [-0.15, -0.1) is 7.26 Å². The van der Waals surface area contributed by atoms with Crippen LogP contribution in [0, 0.1) is 0 Å². The average Bonchev–Trinajstić information content (AvgIpc) is 2.07. The van der Waals surface area contributed by atoms with Crippen molar-refractivity contribution < 1.29 is 40.9 Å². The molecule has 0 aliphatic carbocycles. The lowest BCUT2D eigenvalue weighted by Gasteiger charge is -2.04. The van der Waals surface area contributed by atoms with Gasteiger partial charge in [0.05, 0.1) is 24.0 Å². The van der Waals surface area contributed by atoms with Crippen LogP contribution in [0.3, 0.4) is 0 Å². The fraction of sp³-hybridized carbons (Fsp3) is 1.00. The normalized spacial score (nSPS) is 14.2. The summed E-state index contributed by atoms with van der Waals surface area (Å²) in [6.45, 7) is 0. The van der Waals surface area contributed by atoms with Gasteiger partial charge >= 0.3 is 0 Å². The van der Waals surface area contributed by atoms with E-state index in [0.29, 0.717) is 12.5 Å². The molecule has 0 heterocycles. The third kappa shape index (κ3) is 13.1. The molecule has 10 nitrogen and oxygen atoms in total. The molecule has 0 aliphatic heterocycles. The summed E-state index contributed by atoms with van der Waals surface area (Å²) >= 11 is 0. The highest BCUT2D eigenvalue weighted by Gasteiger charge is 2.20. The lowest BCUT2D eigenvalue weighted by atomic mass is 10.3. The minimum Gasteiger partial charge on any atom is -0.199 e.